The van der Waals surface area contributed by atoms with E-state index < -0.39 is 6.04 Å². The number of hydrogen-bond acceptors (Lipinski definition) is 3. The van der Waals surface area contributed by atoms with Gasteiger partial charge in [0, 0.05) is 6.04 Å². The SMILES string of the molecule is CC1NC(=O)C(C(C)C)N(C(C)Cc2ccsc2)C1=O. The van der Waals surface area contributed by atoms with E-state index in [1.807, 2.05) is 26.2 Å². The second-order valence-corrected chi connectivity index (χ2v) is 6.63. The second kappa shape index (κ2) is 5.95. The van der Waals surface area contributed by atoms with Crippen LogP contribution in [0.15, 0.2) is 16.8 Å². The van der Waals surface area contributed by atoms with Gasteiger partial charge in [-0.2, -0.15) is 11.3 Å². The Morgan fingerprint density at radius 3 is 2.60 bits per heavy atom. The van der Waals surface area contributed by atoms with E-state index in [2.05, 4.69) is 16.8 Å². The number of carbonyl (C=O) groups excluding carboxylic acids is 2. The van der Waals surface area contributed by atoms with E-state index in [9.17, 15) is 9.59 Å². The highest BCUT2D eigenvalue weighted by molar-refractivity contribution is 7.07. The van der Waals surface area contributed by atoms with Crippen LogP contribution >= 0.6 is 11.3 Å². The van der Waals surface area contributed by atoms with Gasteiger partial charge in [0.1, 0.15) is 12.1 Å². The van der Waals surface area contributed by atoms with E-state index in [-0.39, 0.29) is 29.8 Å². The Morgan fingerprint density at radius 2 is 2.05 bits per heavy atom. The Bertz CT molecular complexity index is 484. The van der Waals surface area contributed by atoms with Crippen LogP contribution in [-0.4, -0.2) is 34.8 Å². The van der Waals surface area contributed by atoms with Crippen LogP contribution in [0.3, 0.4) is 0 Å². The molecule has 1 aromatic heterocycles. The third kappa shape index (κ3) is 2.87. The van der Waals surface area contributed by atoms with E-state index in [1.54, 1.807) is 23.2 Å². The first-order valence-corrected chi connectivity index (χ1v) is 7.99. The normalized spacial score (nSPS) is 24.9. The number of carbonyl (C=O) groups is 2. The van der Waals surface area contributed by atoms with Crippen molar-refractivity contribution >= 4 is 23.2 Å². The average molecular weight is 294 g/mol. The quantitative estimate of drug-likeness (QED) is 0.924. The number of amides is 2. The topological polar surface area (TPSA) is 49.4 Å². The molecule has 0 radical (unpaired) electrons. The molecule has 0 saturated carbocycles. The molecule has 5 heteroatoms. The second-order valence-electron chi connectivity index (χ2n) is 5.85. The molecule has 2 heterocycles. The maximum absolute atomic E-state index is 12.5. The molecule has 2 amide bonds. The fraction of sp³-hybridized carbons (Fsp3) is 0.600. The van der Waals surface area contributed by atoms with Gasteiger partial charge < -0.3 is 10.2 Å². The maximum atomic E-state index is 12.5. The van der Waals surface area contributed by atoms with Crippen molar-refractivity contribution in [2.75, 3.05) is 0 Å². The summed E-state index contributed by atoms with van der Waals surface area (Å²) in [6.45, 7) is 7.74. The maximum Gasteiger partial charge on any atom is 0.245 e. The highest BCUT2D eigenvalue weighted by Gasteiger charge is 2.42. The van der Waals surface area contributed by atoms with Crippen molar-refractivity contribution < 1.29 is 9.59 Å². The fourth-order valence-electron chi connectivity index (χ4n) is 2.81. The van der Waals surface area contributed by atoms with Gasteiger partial charge in [0.05, 0.1) is 0 Å². The molecule has 1 aliphatic rings. The van der Waals surface area contributed by atoms with Gasteiger partial charge >= 0.3 is 0 Å². The van der Waals surface area contributed by atoms with Crippen LogP contribution in [0, 0.1) is 5.92 Å². The number of nitrogens with zero attached hydrogens (tertiary/aromatic N) is 1. The molecule has 0 spiro atoms. The lowest BCUT2D eigenvalue weighted by Crippen LogP contribution is -2.66. The lowest BCUT2D eigenvalue weighted by Gasteiger charge is -2.43. The van der Waals surface area contributed by atoms with Crippen molar-refractivity contribution in [1.29, 1.82) is 0 Å². The number of thiophene rings is 1. The summed E-state index contributed by atoms with van der Waals surface area (Å²) < 4.78 is 0. The summed E-state index contributed by atoms with van der Waals surface area (Å²) in [5.74, 6) is 0.0895. The van der Waals surface area contributed by atoms with E-state index in [1.165, 1.54) is 5.56 Å². The zero-order valence-electron chi connectivity index (χ0n) is 12.4. The van der Waals surface area contributed by atoms with E-state index in [0.717, 1.165) is 6.42 Å². The van der Waals surface area contributed by atoms with Gasteiger partial charge in [0.15, 0.2) is 0 Å². The zero-order chi connectivity index (χ0) is 14.9. The zero-order valence-corrected chi connectivity index (χ0v) is 13.2. The van der Waals surface area contributed by atoms with Gasteiger partial charge in [-0.05, 0) is 48.6 Å². The van der Waals surface area contributed by atoms with Crippen LogP contribution in [0.5, 0.6) is 0 Å². The molecule has 0 bridgehead atoms. The van der Waals surface area contributed by atoms with Crippen LogP contribution in [-0.2, 0) is 16.0 Å². The Hall–Kier alpha value is -1.36. The van der Waals surface area contributed by atoms with Crippen molar-refractivity contribution in [2.24, 2.45) is 5.92 Å². The monoisotopic (exact) mass is 294 g/mol. The molecule has 1 aliphatic heterocycles. The number of piperazine rings is 1. The summed E-state index contributed by atoms with van der Waals surface area (Å²) in [5, 5.41) is 6.91. The van der Waals surface area contributed by atoms with Crippen molar-refractivity contribution in [2.45, 2.75) is 52.2 Å². The Morgan fingerprint density at radius 1 is 1.35 bits per heavy atom. The standard InChI is InChI=1S/C15H22N2O2S/c1-9(2)13-14(18)16-11(4)15(19)17(13)10(3)7-12-5-6-20-8-12/h5-6,8-11,13H,7H2,1-4H3,(H,16,18). The van der Waals surface area contributed by atoms with Crippen molar-refractivity contribution in [3.05, 3.63) is 22.4 Å². The molecule has 1 N–H and O–H groups in total. The molecule has 1 aromatic rings. The molecular formula is C15H22N2O2S. The Kier molecular flexibility index (Phi) is 4.48. The lowest BCUT2D eigenvalue weighted by molar-refractivity contribution is -0.153. The fourth-order valence-corrected chi connectivity index (χ4v) is 3.49. The molecule has 3 unspecified atom stereocenters. The van der Waals surface area contributed by atoms with Crippen LogP contribution in [0.4, 0.5) is 0 Å². The third-order valence-corrected chi connectivity index (χ3v) is 4.50. The lowest BCUT2D eigenvalue weighted by atomic mass is 9.94. The largest absolute Gasteiger partial charge is 0.343 e. The van der Waals surface area contributed by atoms with Gasteiger partial charge in [0.25, 0.3) is 0 Å². The Balaban J connectivity index is 2.23. The van der Waals surface area contributed by atoms with Crippen LogP contribution < -0.4 is 5.32 Å². The van der Waals surface area contributed by atoms with Crippen LogP contribution in [0.25, 0.3) is 0 Å². The summed E-state index contributed by atoms with van der Waals surface area (Å²) in [7, 11) is 0. The highest BCUT2D eigenvalue weighted by Crippen LogP contribution is 2.22. The number of rotatable bonds is 4. The molecule has 110 valence electrons. The molecule has 1 saturated heterocycles. The highest BCUT2D eigenvalue weighted by atomic mass is 32.1. The minimum absolute atomic E-state index is 0.0195. The number of hydrogen-bond donors (Lipinski definition) is 1. The molecule has 0 aliphatic carbocycles. The van der Waals surface area contributed by atoms with Gasteiger partial charge in [-0.3, -0.25) is 9.59 Å². The third-order valence-electron chi connectivity index (χ3n) is 3.77. The first-order chi connectivity index (χ1) is 9.41. The molecule has 1 fully saturated rings. The van der Waals surface area contributed by atoms with Gasteiger partial charge in [-0.25, -0.2) is 0 Å². The van der Waals surface area contributed by atoms with Gasteiger partial charge in [-0.15, -0.1) is 0 Å². The van der Waals surface area contributed by atoms with Crippen LogP contribution in [0.2, 0.25) is 0 Å². The molecule has 3 atom stereocenters. The predicted octanol–water partition coefficient (Wildman–Crippen LogP) is 2.05. The minimum Gasteiger partial charge on any atom is -0.343 e. The molecular weight excluding hydrogens is 272 g/mol. The van der Waals surface area contributed by atoms with Crippen molar-refractivity contribution in [1.82, 2.24) is 10.2 Å². The average Bonchev–Trinajstić information content (AvgIpc) is 2.85. The first kappa shape index (κ1) is 15.0. The molecule has 0 aromatic carbocycles. The van der Waals surface area contributed by atoms with E-state index in [4.69, 9.17) is 0 Å². The first-order valence-electron chi connectivity index (χ1n) is 7.05. The summed E-state index contributed by atoms with van der Waals surface area (Å²) in [6.07, 6.45) is 0.790. The Labute approximate surface area is 124 Å². The van der Waals surface area contributed by atoms with Gasteiger partial charge in [0.2, 0.25) is 11.8 Å². The molecule has 2 rings (SSSR count). The van der Waals surface area contributed by atoms with Gasteiger partial charge in [-0.1, -0.05) is 13.8 Å². The minimum atomic E-state index is -0.428. The predicted molar refractivity (Wildman–Crippen MR) is 80.6 cm³/mol. The molecule has 20 heavy (non-hydrogen) atoms. The summed E-state index contributed by atoms with van der Waals surface area (Å²) >= 11 is 1.65. The summed E-state index contributed by atoms with van der Waals surface area (Å²) in [5.41, 5.74) is 1.22. The summed E-state index contributed by atoms with van der Waals surface area (Å²) in [6, 6.07) is 1.30. The van der Waals surface area contributed by atoms with Crippen molar-refractivity contribution in [3.8, 4) is 0 Å². The number of nitrogens with one attached hydrogen (secondary N) is 1. The van der Waals surface area contributed by atoms with E-state index in [0.29, 0.717) is 0 Å². The van der Waals surface area contributed by atoms with E-state index >= 15 is 0 Å². The van der Waals surface area contributed by atoms with Crippen LogP contribution in [0.1, 0.15) is 33.3 Å². The summed E-state index contributed by atoms with van der Waals surface area (Å²) in [4.78, 5) is 26.5. The van der Waals surface area contributed by atoms with Crippen molar-refractivity contribution in [3.63, 3.8) is 0 Å². The molecule has 4 nitrogen and oxygen atoms in total. The smallest absolute Gasteiger partial charge is 0.245 e.